The van der Waals surface area contributed by atoms with Gasteiger partial charge in [-0.1, -0.05) is 6.07 Å². The molecule has 100 valence electrons. The highest BCUT2D eigenvalue weighted by molar-refractivity contribution is 7.09. The zero-order chi connectivity index (χ0) is 12.3. The molecule has 0 aliphatic carbocycles. The highest BCUT2D eigenvalue weighted by Gasteiger charge is 2.36. The first-order valence-corrected chi connectivity index (χ1v) is 8.20. The molecular weight excluding hydrogens is 240 g/mol. The number of hydrogen-bond acceptors (Lipinski definition) is 3. The molecule has 2 saturated heterocycles. The van der Waals surface area contributed by atoms with Gasteiger partial charge in [0.25, 0.3) is 0 Å². The van der Waals surface area contributed by atoms with E-state index < -0.39 is 0 Å². The Hall–Kier alpha value is -0.380. The van der Waals surface area contributed by atoms with E-state index in [2.05, 4.69) is 27.7 Å². The predicted molar refractivity (Wildman–Crippen MR) is 78.2 cm³/mol. The molecule has 0 bridgehead atoms. The Balaban J connectivity index is 1.53. The van der Waals surface area contributed by atoms with E-state index in [-0.39, 0.29) is 0 Å². The average molecular weight is 264 g/mol. The molecule has 0 amide bonds. The first kappa shape index (κ1) is 12.6. The third-order valence-corrected chi connectivity index (χ3v) is 5.49. The molecule has 1 unspecified atom stereocenters. The Kier molecular flexibility index (Phi) is 4.02. The molecule has 0 saturated carbocycles. The molecule has 2 fully saturated rings. The summed E-state index contributed by atoms with van der Waals surface area (Å²) in [5.41, 5.74) is 0.603. The van der Waals surface area contributed by atoms with Crippen molar-refractivity contribution < 1.29 is 0 Å². The predicted octanol–water partition coefficient (Wildman–Crippen LogP) is 2.76. The molecule has 2 nitrogen and oxygen atoms in total. The molecule has 1 aromatic rings. The summed E-state index contributed by atoms with van der Waals surface area (Å²) in [5.74, 6) is 0. The first-order chi connectivity index (χ1) is 8.86. The Labute approximate surface area is 114 Å². The summed E-state index contributed by atoms with van der Waals surface area (Å²) in [6.07, 6.45) is 6.89. The molecule has 0 radical (unpaired) electrons. The Morgan fingerprint density at radius 2 is 2.28 bits per heavy atom. The van der Waals surface area contributed by atoms with Gasteiger partial charge in [0, 0.05) is 24.5 Å². The van der Waals surface area contributed by atoms with Crippen molar-refractivity contribution in [3.05, 3.63) is 22.4 Å². The number of nitrogens with zero attached hydrogens (tertiary/aromatic N) is 1. The lowest BCUT2D eigenvalue weighted by molar-refractivity contribution is 0.0655. The highest BCUT2D eigenvalue weighted by Crippen LogP contribution is 2.35. The second-order valence-corrected chi connectivity index (χ2v) is 7.02. The van der Waals surface area contributed by atoms with Crippen molar-refractivity contribution in [2.24, 2.45) is 5.41 Å². The van der Waals surface area contributed by atoms with Crippen LogP contribution in [0.2, 0.25) is 0 Å². The van der Waals surface area contributed by atoms with Gasteiger partial charge in [-0.2, -0.15) is 0 Å². The van der Waals surface area contributed by atoms with Crippen LogP contribution in [0.1, 0.15) is 30.6 Å². The van der Waals surface area contributed by atoms with E-state index in [1.54, 1.807) is 0 Å². The van der Waals surface area contributed by atoms with E-state index in [1.807, 2.05) is 11.3 Å². The van der Waals surface area contributed by atoms with E-state index in [0.29, 0.717) is 5.41 Å². The number of piperidine rings is 2. The van der Waals surface area contributed by atoms with Gasteiger partial charge in [0.2, 0.25) is 0 Å². The first-order valence-electron chi connectivity index (χ1n) is 7.32. The monoisotopic (exact) mass is 264 g/mol. The van der Waals surface area contributed by atoms with Crippen LogP contribution in [0.5, 0.6) is 0 Å². The van der Waals surface area contributed by atoms with Crippen molar-refractivity contribution in [3.8, 4) is 0 Å². The van der Waals surface area contributed by atoms with Crippen molar-refractivity contribution in [1.29, 1.82) is 0 Å². The van der Waals surface area contributed by atoms with Gasteiger partial charge in [-0.3, -0.25) is 0 Å². The molecule has 3 rings (SSSR count). The summed E-state index contributed by atoms with van der Waals surface area (Å²) in [4.78, 5) is 4.24. The maximum atomic E-state index is 3.61. The molecule has 1 N–H and O–H groups in total. The maximum Gasteiger partial charge on any atom is 0.00579 e. The van der Waals surface area contributed by atoms with Crippen molar-refractivity contribution in [3.63, 3.8) is 0 Å². The van der Waals surface area contributed by atoms with E-state index in [9.17, 15) is 0 Å². The van der Waals surface area contributed by atoms with E-state index in [0.717, 1.165) is 0 Å². The number of rotatable bonds is 3. The van der Waals surface area contributed by atoms with Crippen LogP contribution in [0.25, 0.3) is 0 Å². The number of nitrogens with one attached hydrogen (secondary N) is 1. The Bertz CT molecular complexity index is 349. The minimum Gasteiger partial charge on any atom is -0.316 e. The quantitative estimate of drug-likeness (QED) is 0.903. The number of likely N-dealkylation sites (tertiary alicyclic amines) is 1. The topological polar surface area (TPSA) is 15.3 Å². The summed E-state index contributed by atoms with van der Waals surface area (Å²) >= 11 is 1.90. The lowest BCUT2D eigenvalue weighted by atomic mass is 9.74. The molecule has 18 heavy (non-hydrogen) atoms. The van der Waals surface area contributed by atoms with Gasteiger partial charge < -0.3 is 10.2 Å². The van der Waals surface area contributed by atoms with E-state index in [1.165, 1.54) is 69.7 Å². The third kappa shape index (κ3) is 2.95. The second-order valence-electron chi connectivity index (χ2n) is 5.99. The molecule has 1 atom stereocenters. The van der Waals surface area contributed by atoms with Crippen LogP contribution in [-0.4, -0.2) is 37.6 Å². The van der Waals surface area contributed by atoms with Crippen LogP contribution < -0.4 is 5.32 Å². The van der Waals surface area contributed by atoms with Gasteiger partial charge in [0.15, 0.2) is 0 Å². The van der Waals surface area contributed by atoms with Crippen LogP contribution >= 0.6 is 11.3 Å². The van der Waals surface area contributed by atoms with Crippen LogP contribution in [0.3, 0.4) is 0 Å². The van der Waals surface area contributed by atoms with Gasteiger partial charge >= 0.3 is 0 Å². The fourth-order valence-electron chi connectivity index (χ4n) is 3.60. The summed E-state index contributed by atoms with van der Waals surface area (Å²) in [7, 11) is 0. The van der Waals surface area contributed by atoms with Crippen molar-refractivity contribution in [1.82, 2.24) is 10.2 Å². The standard InChI is InChI=1S/C15H24N2S/c1-4-14(18-11-1)5-10-17-9-3-7-15(13-17)6-2-8-16-12-15/h1,4,11,16H,2-3,5-10,12-13H2. The molecule has 1 aromatic heterocycles. The van der Waals surface area contributed by atoms with Crippen LogP contribution in [0, 0.1) is 5.41 Å². The van der Waals surface area contributed by atoms with Gasteiger partial charge in [0.05, 0.1) is 0 Å². The Morgan fingerprint density at radius 1 is 1.33 bits per heavy atom. The SMILES string of the molecule is c1csc(CCN2CCCC3(CCCNC3)C2)c1. The van der Waals surface area contributed by atoms with Crippen LogP contribution in [0.4, 0.5) is 0 Å². The van der Waals surface area contributed by atoms with Crippen LogP contribution in [-0.2, 0) is 6.42 Å². The van der Waals surface area contributed by atoms with Crippen molar-refractivity contribution >= 4 is 11.3 Å². The normalized spacial score (nSPS) is 29.8. The van der Waals surface area contributed by atoms with Crippen molar-refractivity contribution in [2.75, 3.05) is 32.7 Å². The fraction of sp³-hybridized carbons (Fsp3) is 0.733. The molecule has 3 heterocycles. The van der Waals surface area contributed by atoms with Crippen molar-refractivity contribution in [2.45, 2.75) is 32.1 Å². The third-order valence-electron chi connectivity index (χ3n) is 4.56. The summed E-state index contributed by atoms with van der Waals surface area (Å²) in [6, 6.07) is 4.44. The molecule has 0 aromatic carbocycles. The average Bonchev–Trinajstić information content (AvgIpc) is 2.91. The lowest BCUT2D eigenvalue weighted by Gasteiger charge is -2.45. The summed E-state index contributed by atoms with van der Waals surface area (Å²) < 4.78 is 0. The zero-order valence-corrected chi connectivity index (χ0v) is 12.0. The highest BCUT2D eigenvalue weighted by atomic mass is 32.1. The number of thiophene rings is 1. The van der Waals surface area contributed by atoms with Crippen LogP contribution in [0.15, 0.2) is 17.5 Å². The largest absolute Gasteiger partial charge is 0.316 e. The molecule has 1 spiro atoms. The zero-order valence-electron chi connectivity index (χ0n) is 11.2. The smallest absolute Gasteiger partial charge is 0.00579 e. The molecule has 2 aliphatic rings. The Morgan fingerprint density at radius 3 is 3.06 bits per heavy atom. The number of hydrogen-bond donors (Lipinski definition) is 1. The van der Waals surface area contributed by atoms with Gasteiger partial charge in [-0.15, -0.1) is 11.3 Å². The van der Waals surface area contributed by atoms with Gasteiger partial charge in [-0.25, -0.2) is 0 Å². The fourth-order valence-corrected chi connectivity index (χ4v) is 4.30. The molecule has 3 heteroatoms. The summed E-state index contributed by atoms with van der Waals surface area (Å²) in [5, 5.41) is 5.80. The van der Waals surface area contributed by atoms with Gasteiger partial charge in [0.1, 0.15) is 0 Å². The van der Waals surface area contributed by atoms with E-state index in [4.69, 9.17) is 0 Å². The second kappa shape index (κ2) is 5.72. The van der Waals surface area contributed by atoms with E-state index >= 15 is 0 Å². The minimum atomic E-state index is 0.603. The van der Waals surface area contributed by atoms with Gasteiger partial charge in [-0.05, 0) is 62.1 Å². The lowest BCUT2D eigenvalue weighted by Crippen LogP contribution is -2.51. The molecular formula is C15H24N2S. The maximum absolute atomic E-state index is 3.61. The minimum absolute atomic E-state index is 0.603. The molecule has 2 aliphatic heterocycles. The summed E-state index contributed by atoms with van der Waals surface area (Å²) in [6.45, 7) is 6.38.